The van der Waals surface area contributed by atoms with Gasteiger partial charge in [-0.2, -0.15) is 0 Å². The maximum Gasteiger partial charge on any atom is 0.242 e. The predicted octanol–water partition coefficient (Wildman–Crippen LogP) is 0.975. The summed E-state index contributed by atoms with van der Waals surface area (Å²) in [5.74, 6) is 0.473. The molecule has 1 aromatic rings. The standard InChI is InChI=1S/C11H18N2O3S/c14-8-10-5-11(7-12-10)17(15,16)13-6-9-3-1-2-4-9/h5,7,9,12-14H,1-4,6,8H2. The van der Waals surface area contributed by atoms with Crippen LogP contribution in [0.2, 0.25) is 0 Å². The Morgan fingerprint density at radius 3 is 2.71 bits per heavy atom. The Kier molecular flexibility index (Phi) is 3.86. The molecule has 0 atom stereocenters. The van der Waals surface area contributed by atoms with E-state index in [1.807, 2.05) is 0 Å². The molecule has 1 aliphatic rings. The van der Waals surface area contributed by atoms with E-state index < -0.39 is 10.0 Å². The smallest absolute Gasteiger partial charge is 0.242 e. The van der Waals surface area contributed by atoms with Crippen LogP contribution in [0.3, 0.4) is 0 Å². The number of rotatable bonds is 5. The van der Waals surface area contributed by atoms with Gasteiger partial charge in [0, 0.05) is 18.4 Å². The van der Waals surface area contributed by atoms with Crippen LogP contribution < -0.4 is 4.72 Å². The highest BCUT2D eigenvalue weighted by Crippen LogP contribution is 2.24. The molecule has 0 spiro atoms. The SMILES string of the molecule is O=S(=O)(NCC1CCCC1)c1c[nH]c(CO)c1. The highest BCUT2D eigenvalue weighted by Gasteiger charge is 2.20. The number of aliphatic hydroxyl groups excluding tert-OH is 1. The highest BCUT2D eigenvalue weighted by molar-refractivity contribution is 7.89. The molecule has 0 aromatic carbocycles. The lowest BCUT2D eigenvalue weighted by Gasteiger charge is -2.09. The molecule has 6 heteroatoms. The summed E-state index contributed by atoms with van der Waals surface area (Å²) in [7, 11) is -3.43. The molecule has 1 fully saturated rings. The van der Waals surface area contributed by atoms with Crippen LogP contribution in [-0.4, -0.2) is 25.1 Å². The molecule has 0 radical (unpaired) electrons. The summed E-state index contributed by atoms with van der Waals surface area (Å²) in [4.78, 5) is 2.91. The number of aliphatic hydroxyl groups is 1. The molecule has 1 heterocycles. The van der Waals surface area contributed by atoms with E-state index in [2.05, 4.69) is 9.71 Å². The van der Waals surface area contributed by atoms with Crippen molar-refractivity contribution in [1.29, 1.82) is 0 Å². The molecule has 0 bridgehead atoms. The Balaban J connectivity index is 1.97. The van der Waals surface area contributed by atoms with Gasteiger partial charge in [0.05, 0.1) is 11.5 Å². The van der Waals surface area contributed by atoms with Crippen molar-refractivity contribution in [2.45, 2.75) is 37.2 Å². The van der Waals surface area contributed by atoms with Crippen LogP contribution in [0.1, 0.15) is 31.4 Å². The van der Waals surface area contributed by atoms with Crippen molar-refractivity contribution in [2.75, 3.05) is 6.54 Å². The number of sulfonamides is 1. The van der Waals surface area contributed by atoms with Crippen molar-refractivity contribution < 1.29 is 13.5 Å². The Bertz CT molecular complexity index is 461. The van der Waals surface area contributed by atoms with E-state index in [0.717, 1.165) is 12.8 Å². The van der Waals surface area contributed by atoms with E-state index in [4.69, 9.17) is 5.11 Å². The summed E-state index contributed by atoms with van der Waals surface area (Å²) >= 11 is 0. The van der Waals surface area contributed by atoms with Gasteiger partial charge in [-0.25, -0.2) is 13.1 Å². The number of H-pyrrole nitrogens is 1. The second kappa shape index (κ2) is 5.20. The summed E-state index contributed by atoms with van der Waals surface area (Å²) in [5, 5.41) is 8.87. The van der Waals surface area contributed by atoms with E-state index in [9.17, 15) is 8.42 Å². The van der Waals surface area contributed by atoms with Gasteiger partial charge in [-0.3, -0.25) is 0 Å². The maximum absolute atomic E-state index is 11.9. The number of nitrogens with one attached hydrogen (secondary N) is 2. The Labute approximate surface area is 101 Å². The van der Waals surface area contributed by atoms with Gasteiger partial charge in [-0.05, 0) is 24.8 Å². The Morgan fingerprint density at radius 1 is 1.41 bits per heavy atom. The van der Waals surface area contributed by atoms with Gasteiger partial charge < -0.3 is 10.1 Å². The third-order valence-corrected chi connectivity index (χ3v) is 4.64. The van der Waals surface area contributed by atoms with E-state index >= 15 is 0 Å². The zero-order valence-electron chi connectivity index (χ0n) is 9.65. The molecule has 2 rings (SSSR count). The van der Waals surface area contributed by atoms with Crippen LogP contribution in [0.4, 0.5) is 0 Å². The van der Waals surface area contributed by atoms with Crippen molar-refractivity contribution in [2.24, 2.45) is 5.92 Å². The number of hydrogen-bond acceptors (Lipinski definition) is 3. The zero-order chi connectivity index (χ0) is 12.3. The minimum absolute atomic E-state index is 0.182. The van der Waals surface area contributed by atoms with Crippen LogP contribution in [-0.2, 0) is 16.6 Å². The predicted molar refractivity (Wildman–Crippen MR) is 63.9 cm³/mol. The molecule has 3 N–H and O–H groups in total. The third kappa shape index (κ3) is 3.08. The minimum atomic E-state index is -3.43. The van der Waals surface area contributed by atoms with Crippen molar-refractivity contribution in [3.8, 4) is 0 Å². The average molecular weight is 258 g/mol. The zero-order valence-corrected chi connectivity index (χ0v) is 10.5. The fraction of sp³-hybridized carbons (Fsp3) is 0.636. The first kappa shape index (κ1) is 12.6. The van der Waals surface area contributed by atoms with Crippen LogP contribution >= 0.6 is 0 Å². The molecular formula is C11H18N2O3S. The molecule has 17 heavy (non-hydrogen) atoms. The highest BCUT2D eigenvalue weighted by atomic mass is 32.2. The fourth-order valence-corrected chi connectivity index (χ4v) is 3.32. The van der Waals surface area contributed by atoms with E-state index in [1.54, 1.807) is 0 Å². The van der Waals surface area contributed by atoms with Gasteiger partial charge in [-0.1, -0.05) is 12.8 Å². The monoisotopic (exact) mass is 258 g/mol. The maximum atomic E-state index is 11.9. The van der Waals surface area contributed by atoms with Gasteiger partial charge in [0.25, 0.3) is 0 Å². The topological polar surface area (TPSA) is 82.2 Å². The molecule has 0 saturated heterocycles. The normalized spacial score (nSPS) is 17.7. The van der Waals surface area contributed by atoms with Crippen molar-refractivity contribution in [1.82, 2.24) is 9.71 Å². The van der Waals surface area contributed by atoms with E-state index in [1.165, 1.54) is 25.1 Å². The second-order valence-corrected chi connectivity index (χ2v) is 6.29. The molecule has 1 saturated carbocycles. The first-order valence-electron chi connectivity index (χ1n) is 5.89. The first-order valence-corrected chi connectivity index (χ1v) is 7.38. The van der Waals surface area contributed by atoms with Crippen molar-refractivity contribution in [3.05, 3.63) is 18.0 Å². The second-order valence-electron chi connectivity index (χ2n) is 4.52. The number of aromatic nitrogens is 1. The van der Waals surface area contributed by atoms with E-state index in [-0.39, 0.29) is 11.5 Å². The van der Waals surface area contributed by atoms with E-state index in [0.29, 0.717) is 18.2 Å². The molecule has 5 nitrogen and oxygen atoms in total. The van der Waals surface area contributed by atoms with Crippen LogP contribution in [0.25, 0.3) is 0 Å². The summed E-state index contributed by atoms with van der Waals surface area (Å²) < 4.78 is 26.4. The third-order valence-electron chi connectivity index (χ3n) is 3.23. The molecular weight excluding hydrogens is 240 g/mol. The van der Waals surface area contributed by atoms with Gasteiger partial charge in [0.2, 0.25) is 10.0 Å². The molecule has 1 aromatic heterocycles. The fourth-order valence-electron chi connectivity index (χ4n) is 2.19. The Morgan fingerprint density at radius 2 is 2.12 bits per heavy atom. The van der Waals surface area contributed by atoms with Crippen LogP contribution in [0.5, 0.6) is 0 Å². The van der Waals surface area contributed by atoms with Gasteiger partial charge >= 0.3 is 0 Å². The lowest BCUT2D eigenvalue weighted by molar-refractivity contribution is 0.277. The molecule has 0 unspecified atom stereocenters. The number of hydrogen-bond donors (Lipinski definition) is 3. The molecule has 0 aliphatic heterocycles. The summed E-state index contributed by atoms with van der Waals surface area (Å²) in [6.07, 6.45) is 6.02. The quantitative estimate of drug-likeness (QED) is 0.736. The van der Waals surface area contributed by atoms with Crippen LogP contribution in [0.15, 0.2) is 17.2 Å². The van der Waals surface area contributed by atoms with Crippen molar-refractivity contribution in [3.63, 3.8) is 0 Å². The summed E-state index contributed by atoms with van der Waals surface area (Å²) in [6.45, 7) is 0.333. The summed E-state index contributed by atoms with van der Waals surface area (Å²) in [5.41, 5.74) is 0.506. The minimum Gasteiger partial charge on any atom is -0.390 e. The van der Waals surface area contributed by atoms with Gasteiger partial charge in [0.15, 0.2) is 0 Å². The largest absolute Gasteiger partial charge is 0.390 e. The average Bonchev–Trinajstić information content (AvgIpc) is 2.98. The summed E-state index contributed by atoms with van der Waals surface area (Å²) in [6, 6.07) is 1.46. The van der Waals surface area contributed by atoms with Crippen LogP contribution in [0, 0.1) is 5.92 Å². The molecule has 96 valence electrons. The lowest BCUT2D eigenvalue weighted by Crippen LogP contribution is -2.28. The van der Waals surface area contributed by atoms with Crippen molar-refractivity contribution >= 4 is 10.0 Å². The lowest BCUT2D eigenvalue weighted by atomic mass is 10.1. The molecule has 0 amide bonds. The first-order chi connectivity index (χ1) is 8.12. The number of aromatic amines is 1. The van der Waals surface area contributed by atoms with Gasteiger partial charge in [0.1, 0.15) is 0 Å². The Hall–Kier alpha value is -0.850. The van der Waals surface area contributed by atoms with Gasteiger partial charge in [-0.15, -0.1) is 0 Å². The molecule has 1 aliphatic carbocycles.